The molecule has 1 aromatic rings. The van der Waals surface area contributed by atoms with E-state index in [2.05, 4.69) is 0 Å². The van der Waals surface area contributed by atoms with Gasteiger partial charge in [0, 0.05) is 19.6 Å². The van der Waals surface area contributed by atoms with Crippen LogP contribution < -0.4 is 22.9 Å². The lowest BCUT2D eigenvalue weighted by Crippen LogP contribution is -2.26. The molecule has 8 atom stereocenters. The number of carboxylic acids is 4. The standard InChI is InChI=1S/C8H15NO3.2C6H11NO3.C6H7NO3/c1-4-5(2)7(8(10)11)12-6(4)3-9;3*7-3-4-1-2-5(10-4)6(8)9/h4-7H,3,9H2,1-2H3,(H,10,11);2*4-5H,1-3,7H2,(H,8,9);1-2H,3,7H2,(H,8,9)/t4-,5-,6+,7-;4-,5+;;/m01../s1. The maximum absolute atomic E-state index is 10.7. The number of carboxylic acid groups (broad SMARTS) is 4. The van der Waals surface area contributed by atoms with Crippen molar-refractivity contribution in [2.75, 3.05) is 19.6 Å². The highest BCUT2D eigenvalue weighted by Gasteiger charge is 2.42. The van der Waals surface area contributed by atoms with Crippen LogP contribution in [-0.4, -0.2) is 101 Å². The van der Waals surface area contributed by atoms with E-state index in [1.165, 1.54) is 6.07 Å². The highest BCUT2D eigenvalue weighted by atomic mass is 16.5. The molecule has 1 aromatic heterocycles. The van der Waals surface area contributed by atoms with Crippen LogP contribution in [0, 0.1) is 11.8 Å². The first-order valence-corrected chi connectivity index (χ1v) is 13.6. The highest BCUT2D eigenvalue weighted by molar-refractivity contribution is 5.84. The molecule has 0 radical (unpaired) electrons. The number of aliphatic carboxylic acids is 3. The molecule has 0 bridgehead atoms. The largest absolute Gasteiger partial charge is 0.479 e. The Kier molecular flexibility index (Phi) is 16.2. The number of carbonyl (C=O) groups is 4. The average molecular weight is 605 g/mol. The van der Waals surface area contributed by atoms with Crippen molar-refractivity contribution in [1.82, 2.24) is 0 Å². The molecule has 240 valence electrons. The van der Waals surface area contributed by atoms with E-state index in [9.17, 15) is 19.2 Å². The molecule has 16 nitrogen and oxygen atoms in total. The van der Waals surface area contributed by atoms with Gasteiger partial charge >= 0.3 is 23.9 Å². The fourth-order valence-electron chi connectivity index (χ4n) is 4.33. The third-order valence-corrected chi connectivity index (χ3v) is 7.06. The molecule has 4 rings (SSSR count). The van der Waals surface area contributed by atoms with Gasteiger partial charge in [0.1, 0.15) is 5.76 Å². The molecule has 0 amide bonds. The molecule has 0 aliphatic carbocycles. The molecule has 0 spiro atoms. The van der Waals surface area contributed by atoms with E-state index >= 15 is 0 Å². The van der Waals surface area contributed by atoms with Gasteiger partial charge in [-0.05, 0) is 49.7 Å². The van der Waals surface area contributed by atoms with Crippen molar-refractivity contribution >= 4 is 23.9 Å². The molecule has 3 aliphatic heterocycles. The van der Waals surface area contributed by atoms with Gasteiger partial charge in [0.2, 0.25) is 5.76 Å². The van der Waals surface area contributed by atoms with E-state index < -0.39 is 42.2 Å². The van der Waals surface area contributed by atoms with E-state index in [1.807, 2.05) is 13.8 Å². The second-order valence-electron chi connectivity index (χ2n) is 9.96. The minimum absolute atomic E-state index is 0.0406. The van der Waals surface area contributed by atoms with E-state index in [0.29, 0.717) is 38.2 Å². The second kappa shape index (κ2) is 18.4. The lowest BCUT2D eigenvalue weighted by atomic mass is 9.90. The van der Waals surface area contributed by atoms with Crippen LogP contribution in [-0.2, 0) is 35.1 Å². The number of nitrogens with two attached hydrogens (primary N) is 4. The zero-order valence-corrected chi connectivity index (χ0v) is 23.8. The fourth-order valence-corrected chi connectivity index (χ4v) is 4.33. The molecule has 3 fully saturated rings. The zero-order valence-electron chi connectivity index (χ0n) is 23.8. The second-order valence-corrected chi connectivity index (χ2v) is 9.96. The predicted molar refractivity (Wildman–Crippen MR) is 146 cm³/mol. The monoisotopic (exact) mass is 604 g/mol. The summed E-state index contributed by atoms with van der Waals surface area (Å²) in [5, 5.41) is 34.0. The Morgan fingerprint density at radius 1 is 0.714 bits per heavy atom. The van der Waals surface area contributed by atoms with Crippen LogP contribution in [0.25, 0.3) is 0 Å². The predicted octanol–water partition coefficient (Wildman–Crippen LogP) is -0.340. The van der Waals surface area contributed by atoms with E-state index in [1.54, 1.807) is 6.07 Å². The molecule has 0 saturated carbocycles. The highest BCUT2D eigenvalue weighted by Crippen LogP contribution is 2.31. The quantitative estimate of drug-likeness (QED) is 0.188. The van der Waals surface area contributed by atoms with Gasteiger partial charge in [-0.1, -0.05) is 13.8 Å². The van der Waals surface area contributed by atoms with Crippen LogP contribution in [0.3, 0.4) is 0 Å². The topological polar surface area (TPSA) is 294 Å². The molecule has 3 aliphatic rings. The summed E-state index contributed by atoms with van der Waals surface area (Å²) in [5.74, 6) is -3.01. The van der Waals surface area contributed by atoms with Crippen LogP contribution in [0.5, 0.6) is 0 Å². The Morgan fingerprint density at radius 2 is 1.21 bits per heavy atom. The maximum atomic E-state index is 10.7. The number of ether oxygens (including phenoxy) is 3. The molecule has 12 N–H and O–H groups in total. The number of furan rings is 1. The first kappa shape index (κ1) is 36.9. The van der Waals surface area contributed by atoms with Gasteiger partial charge in [-0.25, -0.2) is 19.2 Å². The molecule has 4 heterocycles. The molecule has 0 aromatic carbocycles. The number of hydrogen-bond acceptors (Lipinski definition) is 12. The van der Waals surface area contributed by atoms with E-state index in [0.717, 1.165) is 12.8 Å². The molecule has 16 heteroatoms. The minimum Gasteiger partial charge on any atom is -0.479 e. The molecule has 2 unspecified atom stereocenters. The third-order valence-electron chi connectivity index (χ3n) is 7.06. The van der Waals surface area contributed by atoms with Crippen LogP contribution in [0.15, 0.2) is 16.5 Å². The van der Waals surface area contributed by atoms with Gasteiger partial charge in [-0.3, -0.25) is 0 Å². The van der Waals surface area contributed by atoms with Crippen molar-refractivity contribution in [1.29, 1.82) is 0 Å². The van der Waals surface area contributed by atoms with Crippen molar-refractivity contribution in [2.45, 2.75) is 82.7 Å². The third kappa shape index (κ3) is 11.6. The summed E-state index contributed by atoms with van der Waals surface area (Å²) in [4.78, 5) is 41.4. The van der Waals surface area contributed by atoms with Gasteiger partial charge in [0.05, 0.1) is 24.9 Å². The normalized spacial score (nSPS) is 29.7. The Balaban J connectivity index is 0.000000281. The van der Waals surface area contributed by atoms with Crippen LogP contribution in [0.4, 0.5) is 0 Å². The smallest absolute Gasteiger partial charge is 0.371 e. The summed E-state index contributed by atoms with van der Waals surface area (Å²) in [6.45, 7) is 5.33. The summed E-state index contributed by atoms with van der Waals surface area (Å²) < 4.78 is 20.1. The SMILES string of the molecule is C[C@H]1[C@H](C)[C@@H](CN)O[C@@H]1C(=O)O.NCC1CCC(C(=O)O)O1.NC[C@H]1CC[C@@H](C(=O)O)O1.NCc1ccc(C(=O)O)o1. The van der Waals surface area contributed by atoms with Crippen LogP contribution in [0.2, 0.25) is 0 Å². The lowest BCUT2D eigenvalue weighted by Gasteiger charge is -2.12. The van der Waals surface area contributed by atoms with Gasteiger partial charge in [-0.2, -0.15) is 0 Å². The van der Waals surface area contributed by atoms with Gasteiger partial charge in [-0.15, -0.1) is 0 Å². The van der Waals surface area contributed by atoms with Crippen molar-refractivity contribution in [3.05, 3.63) is 23.7 Å². The van der Waals surface area contributed by atoms with E-state index in [-0.39, 0.29) is 42.5 Å². The van der Waals surface area contributed by atoms with Crippen molar-refractivity contribution < 1.29 is 58.2 Å². The first-order chi connectivity index (χ1) is 19.8. The maximum Gasteiger partial charge on any atom is 0.371 e. The fraction of sp³-hybridized carbons (Fsp3) is 0.692. The van der Waals surface area contributed by atoms with Crippen molar-refractivity contribution in [3.63, 3.8) is 0 Å². The van der Waals surface area contributed by atoms with Gasteiger partial charge < -0.3 is 62.0 Å². The summed E-state index contributed by atoms with van der Waals surface area (Å²) in [6.07, 6.45) is 0.647. The summed E-state index contributed by atoms with van der Waals surface area (Å²) in [6, 6.07) is 2.92. The Bertz CT molecular complexity index is 974. The first-order valence-electron chi connectivity index (χ1n) is 13.6. The van der Waals surface area contributed by atoms with Crippen LogP contribution in [0.1, 0.15) is 55.8 Å². The number of aromatic carboxylic acids is 1. The average Bonchev–Trinajstić information content (AvgIpc) is 3.77. The van der Waals surface area contributed by atoms with E-state index in [4.69, 9.17) is 62.0 Å². The van der Waals surface area contributed by atoms with Gasteiger partial charge in [0.15, 0.2) is 18.3 Å². The molecular formula is C26H44N4O12. The number of hydrogen-bond donors (Lipinski definition) is 8. The van der Waals surface area contributed by atoms with Crippen LogP contribution >= 0.6 is 0 Å². The molecular weight excluding hydrogens is 560 g/mol. The Labute approximate surface area is 243 Å². The number of rotatable bonds is 8. The molecule has 42 heavy (non-hydrogen) atoms. The van der Waals surface area contributed by atoms with Crippen molar-refractivity contribution in [3.8, 4) is 0 Å². The summed E-state index contributed by atoms with van der Waals surface area (Å²) >= 11 is 0. The molecule has 3 saturated heterocycles. The Morgan fingerprint density at radius 3 is 1.43 bits per heavy atom. The Hall–Kier alpha value is -3.12. The zero-order chi connectivity index (χ0) is 32.0. The van der Waals surface area contributed by atoms with Crippen molar-refractivity contribution in [2.24, 2.45) is 34.8 Å². The van der Waals surface area contributed by atoms with Gasteiger partial charge in [0.25, 0.3) is 0 Å². The summed E-state index contributed by atoms with van der Waals surface area (Å²) in [5.41, 5.74) is 21.2. The summed E-state index contributed by atoms with van der Waals surface area (Å²) in [7, 11) is 0. The lowest BCUT2D eigenvalue weighted by molar-refractivity contribution is -0.151. The minimum atomic E-state index is -1.07.